The number of hydrogen-bond donors (Lipinski definition) is 10. The third-order valence-electron chi connectivity index (χ3n) is 19.1. The van der Waals surface area contributed by atoms with E-state index < -0.39 is 146 Å². The van der Waals surface area contributed by atoms with Gasteiger partial charge in [-0.05, 0) is 73.2 Å². The smallest absolute Gasteiger partial charge is 0.410 e. The van der Waals surface area contributed by atoms with Crippen molar-refractivity contribution in [2.45, 2.75) is 134 Å². The summed E-state index contributed by atoms with van der Waals surface area (Å²) in [5, 5.41) is 27.5. The van der Waals surface area contributed by atoms with E-state index in [9.17, 15) is 62.5 Å². The van der Waals surface area contributed by atoms with Gasteiger partial charge >= 0.3 is 19.6 Å². The molecule has 6 heterocycles. The molecule has 2 bridgehead atoms. The van der Waals surface area contributed by atoms with Crippen molar-refractivity contribution < 1.29 is 128 Å². The fourth-order valence-corrected chi connectivity index (χ4v) is 15.7. The minimum Gasteiger partial charge on any atom is -0.474 e. The van der Waals surface area contributed by atoms with Crippen molar-refractivity contribution in [2.24, 2.45) is 11.8 Å². The molecule has 9 N–H and O–H groups in total. The summed E-state index contributed by atoms with van der Waals surface area (Å²) in [5.41, 5.74) is -0.0311. The number of imidazole rings is 1. The van der Waals surface area contributed by atoms with Crippen molar-refractivity contribution in [3.63, 3.8) is 0 Å². The molecule has 9 amide bonds. The number of aromatic nitrogens is 6. The lowest BCUT2D eigenvalue weighted by molar-refractivity contribution is -0.137. The van der Waals surface area contributed by atoms with Gasteiger partial charge in [-0.2, -0.15) is 4.98 Å². The highest BCUT2D eigenvalue weighted by Gasteiger charge is 2.51. The second-order valence-electron chi connectivity index (χ2n) is 28.7. The lowest BCUT2D eigenvalue weighted by Gasteiger charge is -2.27. The zero-order valence-electron chi connectivity index (χ0n) is 68.1. The Morgan fingerprint density at radius 3 is 2.01 bits per heavy atom. The third kappa shape index (κ3) is 31.5. The molecule has 42 nitrogen and oxygen atoms in total. The fraction of sp³-hybridized carbons (Fsp3) is 0.579. The molecule has 12 atom stereocenters. The Bertz CT molecular complexity index is 4450. The molecule has 9 rings (SSSR count). The number of carbonyl (C=O) groups is 9. The van der Waals surface area contributed by atoms with Crippen LogP contribution >= 0.6 is 25.8 Å². The summed E-state index contributed by atoms with van der Waals surface area (Å²) in [4.78, 5) is 166. The number of thiol groups is 1. The lowest BCUT2D eigenvalue weighted by atomic mass is 10.0. The van der Waals surface area contributed by atoms with Gasteiger partial charge in [-0.25, -0.2) is 24.3 Å². The molecule has 3 aliphatic heterocycles. The molecule has 4 aliphatic rings. The van der Waals surface area contributed by atoms with E-state index in [-0.39, 0.29) is 107 Å². The summed E-state index contributed by atoms with van der Waals surface area (Å²) < 4.78 is 99.7. The number of aliphatic hydroxyl groups is 1. The summed E-state index contributed by atoms with van der Waals surface area (Å²) in [6, 6.07) is 10.3. The van der Waals surface area contributed by atoms with Crippen LogP contribution in [0.15, 0.2) is 90.4 Å². The lowest BCUT2D eigenvalue weighted by Crippen LogP contribution is -2.59. The van der Waals surface area contributed by atoms with Crippen LogP contribution in [0.4, 0.5) is 16.4 Å². The highest BCUT2D eigenvalue weighted by atomic mass is 32.7. The molecule has 670 valence electrons. The number of imide groups is 1. The molecule has 0 spiro atoms. The SMILES string of the molecule is COCCOCCOCCOCCOCCOCCOCCOCCC(=O)NC[C@H](NC(=O)CCCCCN1C(=O)C=CC1=O)C(=O)N[C@H](C(=O)N[C@@H](C)C(=O)Nc1ccc(COC(=O)N(C)Cc2ccccc2C(=O)Nc2nc3c(ncn3[C@@H]3O[C@@H]4COP(O)(=S)O[C@H]5C[C@H](Oc6ccncn6)C[C@@H]5COP(=O)(S)O[C@@H]3[C@@H]4O)c(=O)[nH]2)cc1)C(C)C. The molecule has 2 saturated heterocycles. The predicted molar refractivity (Wildman–Crippen MR) is 439 cm³/mol. The van der Waals surface area contributed by atoms with Crippen LogP contribution in [0.1, 0.15) is 93.4 Å². The first-order chi connectivity index (χ1) is 58.6. The van der Waals surface area contributed by atoms with E-state index in [1.54, 1.807) is 69.5 Å². The first-order valence-corrected chi connectivity index (χ1v) is 44.9. The van der Waals surface area contributed by atoms with Gasteiger partial charge < -0.3 is 107 Å². The second-order valence-corrected chi connectivity index (χ2v) is 34.3. The maximum Gasteiger partial charge on any atom is 0.410 e. The zero-order chi connectivity index (χ0) is 87.6. The van der Waals surface area contributed by atoms with E-state index in [2.05, 4.69) is 69.1 Å². The Morgan fingerprint density at radius 2 is 1.37 bits per heavy atom. The number of anilines is 2. The van der Waals surface area contributed by atoms with Crippen molar-refractivity contribution in [3.05, 3.63) is 113 Å². The van der Waals surface area contributed by atoms with Crippen molar-refractivity contribution >= 4 is 114 Å². The van der Waals surface area contributed by atoms with Gasteiger partial charge in [0.25, 0.3) is 23.3 Å². The molecule has 3 aromatic heterocycles. The Kier molecular flexibility index (Phi) is 39.5. The molecule has 2 aromatic carbocycles. The molecular weight excluding hydrogens is 1680 g/mol. The zero-order valence-corrected chi connectivity index (χ0v) is 71.6. The number of H-pyrrole nitrogens is 1. The monoisotopic (exact) mass is 1790 g/mol. The first kappa shape index (κ1) is 97.1. The number of carbonyl (C=O) groups excluding carboxylic acids is 9. The number of unbranched alkanes of at least 4 members (excludes halogenated alkanes) is 2. The number of methoxy groups -OCH3 is 1. The van der Waals surface area contributed by atoms with Crippen molar-refractivity contribution in [3.8, 4) is 5.88 Å². The van der Waals surface area contributed by atoms with Crippen LogP contribution in [-0.4, -0.2) is 291 Å². The van der Waals surface area contributed by atoms with Gasteiger partial charge in [-0.3, -0.25) is 67.4 Å². The van der Waals surface area contributed by atoms with Crippen LogP contribution in [0.5, 0.6) is 5.88 Å². The number of nitrogens with zero attached hydrogens (tertiary/aromatic N) is 7. The number of hydrogen-bond acceptors (Lipinski definition) is 32. The van der Waals surface area contributed by atoms with E-state index in [0.29, 0.717) is 115 Å². The van der Waals surface area contributed by atoms with Crippen LogP contribution in [0.3, 0.4) is 0 Å². The van der Waals surface area contributed by atoms with Gasteiger partial charge in [0.05, 0.1) is 125 Å². The standard InChI is InChI=1S/C76H106N14O28P2S2/c1-48(2)64(84-71(98)56(83-60(92)13-7-6-10-23-89-62(93)18-19-63(89)94)41-78-59(91)21-24-105-27-28-107-31-32-109-35-36-111-38-37-110-34-33-108-30-29-106-26-25-104-5)72(99)81-49(3)69(96)82-53-16-14-50(15-17-53)43-112-76(101)88(4)42-51-11-8-9-12-55(51)70(97)86-75-85-68-65(73(100)87-75)80-47-90(68)74-67-66(95)58(116-74)45-114-119(102,121)117-57-40-54(115-61-20-22-77-46-79-61)39-52(57)44-113-120(103,122)118-67/h8-9,11-12,14-20,22,46-49,52,54,56-58,64,66-67,74,95H,6-7,10,13,21,23-45H2,1-5H3,(H,78,91)(H,81,99)(H,82,96)(H,83,92)(H,84,98)(H,102,121)(H,103,122)(H2,85,86,87,97,100)/t49-,52+,54+,56-,57-,58+,64-,66+,67+,74+,119?,120?/m0/s1. The first-order valence-electron chi connectivity index (χ1n) is 39.6. The van der Waals surface area contributed by atoms with Crippen LogP contribution in [0, 0.1) is 11.8 Å². The molecule has 0 radical (unpaired) electrons. The maximum atomic E-state index is 14.1. The molecule has 5 aromatic rings. The molecule has 122 heavy (non-hydrogen) atoms. The Hall–Kier alpha value is -8.73. The van der Waals surface area contributed by atoms with Crippen molar-refractivity contribution in [1.82, 2.24) is 60.6 Å². The summed E-state index contributed by atoms with van der Waals surface area (Å²) >= 11 is 9.64. The minimum atomic E-state index is -4.40. The van der Waals surface area contributed by atoms with E-state index >= 15 is 0 Å². The molecule has 46 heteroatoms. The number of rotatable bonds is 49. The Balaban J connectivity index is 0.702. The van der Waals surface area contributed by atoms with Gasteiger partial charge in [0.2, 0.25) is 41.4 Å². The minimum absolute atomic E-state index is 0.00718. The molecule has 2 unspecified atom stereocenters. The molecule has 3 fully saturated rings. The van der Waals surface area contributed by atoms with Crippen LogP contribution < -0.4 is 42.2 Å². The summed E-state index contributed by atoms with van der Waals surface area (Å²) in [5.74, 6) is -6.05. The normalized spacial score (nSPS) is 21.6. The van der Waals surface area contributed by atoms with E-state index in [4.69, 9.17) is 82.0 Å². The molecule has 1 saturated carbocycles. The largest absolute Gasteiger partial charge is 0.474 e. The van der Waals surface area contributed by atoms with Gasteiger partial charge in [0.1, 0.15) is 55.5 Å². The number of fused-ring (bicyclic) bond motifs is 4. The van der Waals surface area contributed by atoms with Gasteiger partial charge in [-0.15, -0.1) is 0 Å². The summed E-state index contributed by atoms with van der Waals surface area (Å²) in [6.45, 7) is 0.349. The highest BCUT2D eigenvalue weighted by molar-refractivity contribution is 8.44. The van der Waals surface area contributed by atoms with Crippen molar-refractivity contribution in [1.29, 1.82) is 0 Å². The Labute approximate surface area is 713 Å². The van der Waals surface area contributed by atoms with E-state index in [1.165, 1.54) is 54.2 Å². The third-order valence-corrected chi connectivity index (χ3v) is 22.3. The number of aromatic amines is 1. The Morgan fingerprint density at radius 1 is 0.721 bits per heavy atom. The predicted octanol–water partition coefficient (Wildman–Crippen LogP) is 2.94. The van der Waals surface area contributed by atoms with Crippen LogP contribution in [-0.2, 0) is 129 Å². The number of ether oxygens (including phenoxy) is 11. The van der Waals surface area contributed by atoms with Crippen LogP contribution in [0.25, 0.3) is 11.2 Å². The summed E-state index contributed by atoms with van der Waals surface area (Å²) in [7, 11) is 3.05. The van der Waals surface area contributed by atoms with E-state index in [1.807, 2.05) is 0 Å². The number of benzene rings is 2. The number of amides is 9. The van der Waals surface area contributed by atoms with Gasteiger partial charge in [-0.1, -0.05) is 62.8 Å². The average Bonchev–Trinajstić information content (AvgIpc) is 1.61. The van der Waals surface area contributed by atoms with E-state index in [0.717, 1.165) is 11.2 Å². The quantitative estimate of drug-likeness (QED) is 0.0116. The highest BCUT2D eigenvalue weighted by Crippen LogP contribution is 2.59. The average molecular weight is 1790 g/mol. The topological polar surface area (TPSA) is 518 Å². The van der Waals surface area contributed by atoms with Crippen LogP contribution in [0.2, 0.25) is 0 Å². The number of aliphatic hydroxyl groups excluding tert-OH is 1. The maximum absolute atomic E-state index is 14.1. The van der Waals surface area contributed by atoms with Crippen molar-refractivity contribution in [2.75, 3.05) is 150 Å². The summed E-state index contributed by atoms with van der Waals surface area (Å²) in [6.07, 6.45) is -0.246. The van der Waals surface area contributed by atoms with Gasteiger partial charge in [0, 0.05) is 94.6 Å². The second kappa shape index (κ2) is 49.7. The number of nitrogens with one attached hydrogen (secondary N) is 7. The fourth-order valence-electron chi connectivity index (χ4n) is 12.7. The molecular formula is C76H106N14O28P2S2. The van der Waals surface area contributed by atoms with Gasteiger partial charge in [0.15, 0.2) is 17.4 Å². The molecule has 1 aliphatic carbocycles.